The molecule has 0 bridgehead atoms. The van der Waals surface area contributed by atoms with Crippen molar-refractivity contribution in [3.63, 3.8) is 0 Å². The Labute approximate surface area is 116 Å². The van der Waals surface area contributed by atoms with E-state index in [4.69, 9.17) is 0 Å². The van der Waals surface area contributed by atoms with Gasteiger partial charge in [0.1, 0.15) is 0 Å². The van der Waals surface area contributed by atoms with Crippen LogP contribution in [0.5, 0.6) is 0 Å². The van der Waals surface area contributed by atoms with E-state index in [9.17, 15) is 0 Å². The smallest absolute Gasteiger partial charge is 0.0348 e. The molecular formula is C17H24N2. The normalized spacial score (nSPS) is 13.1. The van der Waals surface area contributed by atoms with Crippen LogP contribution in [0.15, 0.2) is 42.5 Å². The maximum atomic E-state index is 3.23. The number of benzene rings is 2. The lowest BCUT2D eigenvalue weighted by Gasteiger charge is -2.26. The third-order valence-corrected chi connectivity index (χ3v) is 3.71. The molecule has 2 rings (SSSR count). The molecule has 2 heteroatoms. The lowest BCUT2D eigenvalue weighted by Crippen LogP contribution is -2.21. The van der Waals surface area contributed by atoms with Crippen molar-refractivity contribution in [1.82, 2.24) is 10.2 Å². The third kappa shape index (κ3) is 3.34. The molecule has 0 aliphatic heterocycles. The second-order valence-electron chi connectivity index (χ2n) is 5.29. The Balaban J connectivity index is 2.33. The van der Waals surface area contributed by atoms with Gasteiger partial charge in [0.25, 0.3) is 0 Å². The van der Waals surface area contributed by atoms with Gasteiger partial charge in [0.2, 0.25) is 0 Å². The fourth-order valence-electron chi connectivity index (χ4n) is 2.71. The fraction of sp³-hybridized carbons (Fsp3) is 0.412. The number of rotatable bonds is 6. The van der Waals surface area contributed by atoms with Crippen molar-refractivity contribution >= 4 is 10.8 Å². The van der Waals surface area contributed by atoms with Gasteiger partial charge in [0.15, 0.2) is 0 Å². The van der Waals surface area contributed by atoms with Gasteiger partial charge in [-0.3, -0.25) is 0 Å². The molecule has 0 aromatic heterocycles. The number of fused-ring (bicyclic) bond motifs is 1. The molecule has 0 aliphatic rings. The van der Waals surface area contributed by atoms with E-state index in [1.165, 1.54) is 29.2 Å². The van der Waals surface area contributed by atoms with Crippen LogP contribution in [0.3, 0.4) is 0 Å². The first-order valence-electron chi connectivity index (χ1n) is 7.02. The fourth-order valence-corrected chi connectivity index (χ4v) is 2.71. The highest BCUT2D eigenvalue weighted by Gasteiger charge is 2.15. The van der Waals surface area contributed by atoms with Gasteiger partial charge in [-0.25, -0.2) is 0 Å². The highest BCUT2D eigenvalue weighted by Crippen LogP contribution is 2.29. The molecule has 2 nitrogen and oxygen atoms in total. The molecule has 1 unspecified atom stereocenters. The number of nitrogens with zero attached hydrogens (tertiary/aromatic N) is 1. The van der Waals surface area contributed by atoms with E-state index in [1.807, 2.05) is 7.05 Å². The minimum absolute atomic E-state index is 0.486. The molecule has 2 aromatic carbocycles. The number of nitrogens with one attached hydrogen (secondary N) is 1. The standard InChI is InChI=1S/C17H24N2/c1-18-13-7-12-17(19(2)3)16-11-6-9-14-8-4-5-10-15(14)16/h4-6,8-11,17-18H,7,12-13H2,1-3H3. The summed E-state index contributed by atoms with van der Waals surface area (Å²) in [6.45, 7) is 1.08. The monoisotopic (exact) mass is 256 g/mol. The minimum Gasteiger partial charge on any atom is -0.320 e. The summed E-state index contributed by atoms with van der Waals surface area (Å²) in [6.07, 6.45) is 2.38. The highest BCUT2D eigenvalue weighted by atomic mass is 15.1. The van der Waals surface area contributed by atoms with Crippen LogP contribution in [0.4, 0.5) is 0 Å². The zero-order valence-corrected chi connectivity index (χ0v) is 12.2. The van der Waals surface area contributed by atoms with Crippen molar-refractivity contribution in [2.24, 2.45) is 0 Å². The maximum Gasteiger partial charge on any atom is 0.0348 e. The number of hydrogen-bond acceptors (Lipinski definition) is 2. The summed E-state index contributed by atoms with van der Waals surface area (Å²) in [6, 6.07) is 15.8. The molecule has 0 spiro atoms. The van der Waals surface area contributed by atoms with Crippen LogP contribution in [0.25, 0.3) is 10.8 Å². The van der Waals surface area contributed by atoms with Gasteiger partial charge in [-0.1, -0.05) is 42.5 Å². The predicted octanol–water partition coefficient (Wildman–Crippen LogP) is 3.44. The van der Waals surface area contributed by atoms with Crippen LogP contribution >= 0.6 is 0 Å². The van der Waals surface area contributed by atoms with Crippen LogP contribution in [-0.4, -0.2) is 32.6 Å². The average molecular weight is 256 g/mol. The van der Waals surface area contributed by atoms with E-state index in [0.29, 0.717) is 6.04 Å². The van der Waals surface area contributed by atoms with Crippen LogP contribution < -0.4 is 5.32 Å². The summed E-state index contributed by atoms with van der Waals surface area (Å²) in [5.41, 5.74) is 1.44. The number of hydrogen-bond donors (Lipinski definition) is 1. The molecule has 0 radical (unpaired) electrons. The highest BCUT2D eigenvalue weighted by molar-refractivity contribution is 5.86. The van der Waals surface area contributed by atoms with Gasteiger partial charge in [-0.15, -0.1) is 0 Å². The summed E-state index contributed by atoms with van der Waals surface area (Å²) in [5.74, 6) is 0. The molecule has 102 valence electrons. The van der Waals surface area contributed by atoms with Gasteiger partial charge in [-0.2, -0.15) is 0 Å². The zero-order valence-electron chi connectivity index (χ0n) is 12.2. The van der Waals surface area contributed by atoms with Crippen molar-refractivity contribution in [2.45, 2.75) is 18.9 Å². The van der Waals surface area contributed by atoms with Crippen molar-refractivity contribution in [1.29, 1.82) is 0 Å². The van der Waals surface area contributed by atoms with Gasteiger partial charge in [0.05, 0.1) is 0 Å². The summed E-state index contributed by atoms with van der Waals surface area (Å²) < 4.78 is 0. The van der Waals surface area contributed by atoms with Crippen LogP contribution in [0.2, 0.25) is 0 Å². The molecule has 1 atom stereocenters. The molecule has 19 heavy (non-hydrogen) atoms. The summed E-state index contributed by atoms with van der Waals surface area (Å²) >= 11 is 0. The first kappa shape index (κ1) is 14.0. The van der Waals surface area contributed by atoms with Gasteiger partial charge < -0.3 is 10.2 Å². The SMILES string of the molecule is CNCCCC(c1cccc2ccccc12)N(C)C. The summed E-state index contributed by atoms with van der Waals surface area (Å²) in [5, 5.41) is 5.95. The molecular weight excluding hydrogens is 232 g/mol. The Bertz CT molecular complexity index is 514. The molecule has 0 saturated heterocycles. The van der Waals surface area contributed by atoms with Crippen molar-refractivity contribution in [3.05, 3.63) is 48.0 Å². The van der Waals surface area contributed by atoms with Crippen LogP contribution in [0, 0.1) is 0 Å². The second kappa shape index (κ2) is 6.69. The van der Waals surface area contributed by atoms with E-state index < -0.39 is 0 Å². The maximum absolute atomic E-state index is 3.23. The summed E-state index contributed by atoms with van der Waals surface area (Å²) in [7, 11) is 6.36. The van der Waals surface area contributed by atoms with E-state index in [2.05, 4.69) is 66.8 Å². The molecule has 0 aliphatic carbocycles. The lowest BCUT2D eigenvalue weighted by molar-refractivity contribution is 0.280. The minimum atomic E-state index is 0.486. The molecule has 0 fully saturated rings. The van der Waals surface area contributed by atoms with Gasteiger partial charge in [-0.05, 0) is 56.9 Å². The first-order chi connectivity index (χ1) is 9.24. The Hall–Kier alpha value is -1.38. The third-order valence-electron chi connectivity index (χ3n) is 3.71. The quantitative estimate of drug-likeness (QED) is 0.796. The van der Waals surface area contributed by atoms with Crippen LogP contribution in [-0.2, 0) is 0 Å². The van der Waals surface area contributed by atoms with Crippen molar-refractivity contribution < 1.29 is 0 Å². The Morgan fingerprint density at radius 2 is 1.79 bits per heavy atom. The summed E-state index contributed by atoms with van der Waals surface area (Å²) in [4.78, 5) is 2.33. The Kier molecular flexibility index (Phi) is 4.94. The second-order valence-corrected chi connectivity index (χ2v) is 5.29. The van der Waals surface area contributed by atoms with Gasteiger partial charge in [0, 0.05) is 6.04 Å². The molecule has 0 heterocycles. The zero-order chi connectivity index (χ0) is 13.7. The van der Waals surface area contributed by atoms with Crippen LogP contribution in [0.1, 0.15) is 24.4 Å². The van der Waals surface area contributed by atoms with E-state index in [1.54, 1.807) is 0 Å². The first-order valence-corrected chi connectivity index (χ1v) is 7.02. The topological polar surface area (TPSA) is 15.3 Å². The molecule has 0 amide bonds. The Morgan fingerprint density at radius 3 is 2.53 bits per heavy atom. The van der Waals surface area contributed by atoms with E-state index in [0.717, 1.165) is 6.54 Å². The van der Waals surface area contributed by atoms with Crippen molar-refractivity contribution in [3.8, 4) is 0 Å². The predicted molar refractivity (Wildman–Crippen MR) is 83.5 cm³/mol. The Morgan fingerprint density at radius 1 is 1.05 bits per heavy atom. The molecule has 0 saturated carbocycles. The largest absolute Gasteiger partial charge is 0.320 e. The molecule has 2 aromatic rings. The van der Waals surface area contributed by atoms with E-state index >= 15 is 0 Å². The molecule has 1 N–H and O–H groups in total. The van der Waals surface area contributed by atoms with Gasteiger partial charge >= 0.3 is 0 Å². The average Bonchev–Trinajstić information content (AvgIpc) is 2.43. The van der Waals surface area contributed by atoms with Crippen molar-refractivity contribution in [2.75, 3.05) is 27.7 Å². The van der Waals surface area contributed by atoms with E-state index in [-0.39, 0.29) is 0 Å². The lowest BCUT2D eigenvalue weighted by atomic mass is 9.95.